The van der Waals surface area contributed by atoms with Crippen LogP contribution in [-0.4, -0.2) is 12.5 Å². The molecule has 2 rings (SSSR count). The van der Waals surface area contributed by atoms with Crippen molar-refractivity contribution >= 4 is 18.3 Å². The molecule has 0 radical (unpaired) electrons. The van der Waals surface area contributed by atoms with Gasteiger partial charge in [0.1, 0.15) is 0 Å². The Labute approximate surface area is 138 Å². The van der Waals surface area contributed by atoms with Crippen LogP contribution in [0, 0.1) is 0 Å². The lowest BCUT2D eigenvalue weighted by molar-refractivity contribution is -0.122. The standard InChI is InChI=1S/C18H22N2O.ClH/c1-18(20-17(21)12-13-19,16-10-6-3-7-11-16)14-15-8-4-2-5-9-15;/h2-11H,12-14,19H2,1H3,(H,20,21);1H. The molecule has 1 amide bonds. The predicted molar refractivity (Wildman–Crippen MR) is 93.0 cm³/mol. The summed E-state index contributed by atoms with van der Waals surface area (Å²) in [5.41, 5.74) is 7.33. The number of rotatable bonds is 6. The fourth-order valence-electron chi connectivity index (χ4n) is 2.53. The topological polar surface area (TPSA) is 55.1 Å². The van der Waals surface area contributed by atoms with Gasteiger partial charge in [-0.3, -0.25) is 4.79 Å². The van der Waals surface area contributed by atoms with Gasteiger partial charge in [-0.1, -0.05) is 60.7 Å². The first-order valence-electron chi connectivity index (χ1n) is 7.24. The number of benzene rings is 2. The molecule has 2 aromatic rings. The first-order chi connectivity index (χ1) is 10.1. The van der Waals surface area contributed by atoms with Crippen molar-refractivity contribution < 1.29 is 4.79 Å². The Morgan fingerprint density at radius 3 is 2.14 bits per heavy atom. The van der Waals surface area contributed by atoms with Crippen LogP contribution in [0.1, 0.15) is 24.5 Å². The van der Waals surface area contributed by atoms with Crippen molar-refractivity contribution in [2.75, 3.05) is 6.54 Å². The summed E-state index contributed by atoms with van der Waals surface area (Å²) in [6.07, 6.45) is 1.09. The molecule has 0 saturated carbocycles. The van der Waals surface area contributed by atoms with Crippen molar-refractivity contribution in [2.45, 2.75) is 25.3 Å². The number of amides is 1. The normalized spacial score (nSPS) is 12.8. The van der Waals surface area contributed by atoms with E-state index in [1.165, 1.54) is 5.56 Å². The molecule has 1 atom stereocenters. The highest BCUT2D eigenvalue weighted by Gasteiger charge is 2.28. The number of carbonyl (C=O) groups excluding carboxylic acids is 1. The number of halogens is 1. The maximum Gasteiger partial charge on any atom is 0.221 e. The minimum Gasteiger partial charge on any atom is -0.346 e. The molecule has 1 unspecified atom stereocenters. The molecule has 2 aromatic carbocycles. The first kappa shape index (κ1) is 18.2. The monoisotopic (exact) mass is 318 g/mol. The first-order valence-corrected chi connectivity index (χ1v) is 7.24. The average molecular weight is 319 g/mol. The van der Waals surface area contributed by atoms with Crippen molar-refractivity contribution in [1.82, 2.24) is 5.32 Å². The molecule has 22 heavy (non-hydrogen) atoms. The zero-order valence-electron chi connectivity index (χ0n) is 12.8. The van der Waals surface area contributed by atoms with Crippen LogP contribution < -0.4 is 11.1 Å². The lowest BCUT2D eigenvalue weighted by Gasteiger charge is -2.32. The van der Waals surface area contributed by atoms with Crippen molar-refractivity contribution in [3.8, 4) is 0 Å². The number of hydrogen-bond acceptors (Lipinski definition) is 2. The summed E-state index contributed by atoms with van der Waals surface area (Å²) >= 11 is 0. The Morgan fingerprint density at radius 1 is 1.05 bits per heavy atom. The molecule has 0 bridgehead atoms. The van der Waals surface area contributed by atoms with Gasteiger partial charge >= 0.3 is 0 Å². The van der Waals surface area contributed by atoms with Gasteiger partial charge in [0.05, 0.1) is 5.54 Å². The van der Waals surface area contributed by atoms with Crippen LogP contribution in [0.2, 0.25) is 0 Å². The Kier molecular flexibility index (Phi) is 7.09. The van der Waals surface area contributed by atoms with Gasteiger partial charge in [0, 0.05) is 13.0 Å². The van der Waals surface area contributed by atoms with Gasteiger partial charge in [-0.2, -0.15) is 0 Å². The SMILES string of the molecule is CC(Cc1ccccc1)(NC(=O)CCN)c1ccccc1.Cl. The molecule has 0 heterocycles. The third-order valence-electron chi connectivity index (χ3n) is 3.60. The Hall–Kier alpha value is -1.84. The second-order valence-corrected chi connectivity index (χ2v) is 5.45. The van der Waals surface area contributed by atoms with E-state index >= 15 is 0 Å². The van der Waals surface area contributed by atoms with Crippen LogP contribution in [-0.2, 0) is 16.8 Å². The van der Waals surface area contributed by atoms with E-state index in [9.17, 15) is 4.79 Å². The lowest BCUT2D eigenvalue weighted by atomic mass is 9.85. The molecule has 3 N–H and O–H groups in total. The molecule has 3 nitrogen and oxygen atoms in total. The van der Waals surface area contributed by atoms with Crippen molar-refractivity contribution in [2.24, 2.45) is 5.73 Å². The van der Waals surface area contributed by atoms with E-state index < -0.39 is 5.54 Å². The van der Waals surface area contributed by atoms with E-state index in [-0.39, 0.29) is 18.3 Å². The fourth-order valence-corrected chi connectivity index (χ4v) is 2.53. The summed E-state index contributed by atoms with van der Waals surface area (Å²) in [5, 5.41) is 3.14. The molecule has 0 saturated heterocycles. The van der Waals surface area contributed by atoms with E-state index in [0.29, 0.717) is 13.0 Å². The number of carbonyl (C=O) groups is 1. The summed E-state index contributed by atoms with van der Waals surface area (Å²) in [6, 6.07) is 20.3. The van der Waals surface area contributed by atoms with E-state index in [1.54, 1.807) is 0 Å². The zero-order chi connectivity index (χ0) is 15.1. The summed E-state index contributed by atoms with van der Waals surface area (Å²) in [4.78, 5) is 12.0. The zero-order valence-corrected chi connectivity index (χ0v) is 13.6. The van der Waals surface area contributed by atoms with Crippen LogP contribution in [0.5, 0.6) is 0 Å². The molecule has 0 fully saturated rings. The van der Waals surface area contributed by atoms with Crippen LogP contribution in [0.3, 0.4) is 0 Å². The van der Waals surface area contributed by atoms with Crippen molar-refractivity contribution in [3.05, 3.63) is 71.8 Å². The van der Waals surface area contributed by atoms with Crippen LogP contribution in [0.25, 0.3) is 0 Å². The largest absolute Gasteiger partial charge is 0.346 e. The summed E-state index contributed by atoms with van der Waals surface area (Å²) < 4.78 is 0. The number of hydrogen-bond donors (Lipinski definition) is 2. The summed E-state index contributed by atoms with van der Waals surface area (Å²) in [6.45, 7) is 2.42. The second-order valence-electron chi connectivity index (χ2n) is 5.45. The van der Waals surface area contributed by atoms with Gasteiger partial charge in [-0.15, -0.1) is 12.4 Å². The van der Waals surface area contributed by atoms with E-state index in [0.717, 1.165) is 12.0 Å². The fraction of sp³-hybridized carbons (Fsp3) is 0.278. The van der Waals surface area contributed by atoms with Gasteiger partial charge in [-0.05, 0) is 24.5 Å². The average Bonchev–Trinajstić information content (AvgIpc) is 2.49. The summed E-state index contributed by atoms with van der Waals surface area (Å²) in [5.74, 6) is -0.0141. The molecule has 0 spiro atoms. The third kappa shape index (κ3) is 4.86. The van der Waals surface area contributed by atoms with Gasteiger partial charge in [-0.25, -0.2) is 0 Å². The molecule has 0 aliphatic carbocycles. The Bertz CT molecular complexity index is 574. The highest BCUT2D eigenvalue weighted by molar-refractivity contribution is 5.85. The third-order valence-corrected chi connectivity index (χ3v) is 3.60. The van der Waals surface area contributed by atoms with Gasteiger partial charge in [0.2, 0.25) is 5.91 Å². The van der Waals surface area contributed by atoms with Gasteiger partial charge in [0.15, 0.2) is 0 Å². The maximum atomic E-state index is 12.0. The van der Waals surface area contributed by atoms with E-state index in [2.05, 4.69) is 24.4 Å². The van der Waals surface area contributed by atoms with Crippen LogP contribution >= 0.6 is 12.4 Å². The molecular weight excluding hydrogens is 296 g/mol. The highest BCUT2D eigenvalue weighted by Crippen LogP contribution is 2.25. The Morgan fingerprint density at radius 2 is 1.59 bits per heavy atom. The Balaban J connectivity index is 0.00000242. The molecule has 0 aliphatic rings. The van der Waals surface area contributed by atoms with Crippen molar-refractivity contribution in [1.29, 1.82) is 0 Å². The van der Waals surface area contributed by atoms with Gasteiger partial charge < -0.3 is 11.1 Å². The molecule has 0 aliphatic heterocycles. The van der Waals surface area contributed by atoms with Crippen LogP contribution in [0.4, 0.5) is 0 Å². The molecular formula is C18H23ClN2O. The van der Waals surface area contributed by atoms with E-state index in [1.807, 2.05) is 48.5 Å². The van der Waals surface area contributed by atoms with E-state index in [4.69, 9.17) is 5.73 Å². The highest BCUT2D eigenvalue weighted by atomic mass is 35.5. The minimum atomic E-state index is -0.436. The van der Waals surface area contributed by atoms with Gasteiger partial charge in [0.25, 0.3) is 0 Å². The molecule has 0 aromatic heterocycles. The quantitative estimate of drug-likeness (QED) is 0.860. The number of nitrogens with one attached hydrogen (secondary N) is 1. The second kappa shape index (κ2) is 8.57. The lowest BCUT2D eigenvalue weighted by Crippen LogP contribution is -2.45. The predicted octanol–water partition coefficient (Wildman–Crippen LogP) is 3.03. The minimum absolute atomic E-state index is 0. The summed E-state index contributed by atoms with van der Waals surface area (Å²) in [7, 11) is 0. The van der Waals surface area contributed by atoms with Crippen LogP contribution in [0.15, 0.2) is 60.7 Å². The number of nitrogens with two attached hydrogens (primary N) is 1. The van der Waals surface area contributed by atoms with Crippen molar-refractivity contribution in [3.63, 3.8) is 0 Å². The maximum absolute atomic E-state index is 12.0. The molecule has 4 heteroatoms. The smallest absolute Gasteiger partial charge is 0.221 e. The molecule has 118 valence electrons.